The van der Waals surface area contributed by atoms with Gasteiger partial charge in [0, 0.05) is 22.4 Å². The van der Waals surface area contributed by atoms with Crippen LogP contribution < -0.4 is 5.32 Å². The summed E-state index contributed by atoms with van der Waals surface area (Å²) in [5.41, 5.74) is 10.1. The van der Waals surface area contributed by atoms with Gasteiger partial charge in [-0.05, 0) is 39.6 Å². The van der Waals surface area contributed by atoms with E-state index in [2.05, 4.69) is 145 Å². The van der Waals surface area contributed by atoms with Gasteiger partial charge in [-0.1, -0.05) is 133 Å². The summed E-state index contributed by atoms with van der Waals surface area (Å²) in [6.45, 7) is 0. The minimum Gasteiger partial charge on any atom is -0.373 e. The third kappa shape index (κ3) is 3.88. The summed E-state index contributed by atoms with van der Waals surface area (Å²) in [4.78, 5) is 5.58. The van der Waals surface area contributed by atoms with Crippen LogP contribution >= 0.6 is 0 Å². The molecule has 0 saturated heterocycles. The predicted octanol–water partition coefficient (Wildman–Crippen LogP) is 9.46. The molecular formula is C36H26N2. The molecule has 1 aliphatic carbocycles. The Morgan fingerprint density at radius 2 is 1.00 bits per heavy atom. The van der Waals surface area contributed by atoms with E-state index in [9.17, 15) is 0 Å². The van der Waals surface area contributed by atoms with Crippen molar-refractivity contribution in [3.8, 4) is 22.3 Å². The number of aliphatic imine (C=N–C) groups is 1. The third-order valence-corrected chi connectivity index (χ3v) is 7.32. The molecule has 2 heteroatoms. The number of benzene rings is 6. The van der Waals surface area contributed by atoms with Crippen LogP contribution in [0.5, 0.6) is 0 Å². The Labute approximate surface area is 223 Å². The lowest BCUT2D eigenvalue weighted by Gasteiger charge is -2.19. The van der Waals surface area contributed by atoms with Crippen molar-refractivity contribution >= 4 is 27.9 Å². The van der Waals surface area contributed by atoms with Crippen LogP contribution in [-0.2, 0) is 0 Å². The molecule has 1 N–H and O–H groups in total. The number of nitrogens with zero attached hydrogens (tertiary/aromatic N) is 1. The van der Waals surface area contributed by atoms with Crippen molar-refractivity contribution in [2.45, 2.75) is 6.04 Å². The summed E-state index contributed by atoms with van der Waals surface area (Å²) in [7, 11) is 0. The second-order valence-electron chi connectivity index (χ2n) is 9.63. The van der Waals surface area contributed by atoms with E-state index in [1.165, 1.54) is 21.9 Å². The molecule has 6 aromatic rings. The van der Waals surface area contributed by atoms with Gasteiger partial charge >= 0.3 is 0 Å². The molecule has 0 aromatic heterocycles. The van der Waals surface area contributed by atoms with Gasteiger partial charge in [-0.25, -0.2) is 4.99 Å². The smallest absolute Gasteiger partial charge is 0.0952 e. The van der Waals surface area contributed by atoms with Crippen molar-refractivity contribution in [2.75, 3.05) is 5.32 Å². The molecule has 0 fully saturated rings. The Kier molecular flexibility index (Phi) is 5.56. The van der Waals surface area contributed by atoms with E-state index in [1.807, 2.05) is 6.07 Å². The standard InChI is InChI=1S/C36H26N2/c1-4-13-25(14-5-1)29-21-12-22-30(26-15-6-2-7-16-26)34(29)38-36-32-24-11-18-27-17-10-23-31(33(27)32)35(36)37-28-19-8-3-9-20-28/h1-24,35,37H. The number of rotatable bonds is 5. The highest BCUT2D eigenvalue weighted by molar-refractivity contribution is 6.22. The molecule has 0 spiro atoms. The van der Waals surface area contributed by atoms with Gasteiger partial charge in [-0.2, -0.15) is 0 Å². The van der Waals surface area contributed by atoms with Gasteiger partial charge in [0.1, 0.15) is 0 Å². The first kappa shape index (κ1) is 22.3. The van der Waals surface area contributed by atoms with Crippen molar-refractivity contribution in [1.29, 1.82) is 0 Å². The Hall–Kier alpha value is -4.95. The summed E-state index contributed by atoms with van der Waals surface area (Å²) in [6, 6.07) is 51.1. The first-order valence-electron chi connectivity index (χ1n) is 13.0. The minimum atomic E-state index is -0.0639. The third-order valence-electron chi connectivity index (χ3n) is 7.32. The normalized spacial score (nSPS) is 15.2. The zero-order valence-electron chi connectivity index (χ0n) is 20.9. The lowest BCUT2D eigenvalue weighted by atomic mass is 9.95. The summed E-state index contributed by atoms with van der Waals surface area (Å²) >= 11 is 0. The maximum absolute atomic E-state index is 5.58. The average molecular weight is 487 g/mol. The van der Waals surface area contributed by atoms with E-state index in [-0.39, 0.29) is 6.04 Å². The summed E-state index contributed by atoms with van der Waals surface area (Å²) < 4.78 is 0. The van der Waals surface area contributed by atoms with E-state index in [4.69, 9.17) is 4.99 Å². The number of para-hydroxylation sites is 2. The second kappa shape index (κ2) is 9.49. The molecule has 6 aromatic carbocycles. The molecule has 0 amide bonds. The fraction of sp³-hybridized carbons (Fsp3) is 0.0278. The summed E-state index contributed by atoms with van der Waals surface area (Å²) in [5.74, 6) is 0. The van der Waals surface area contributed by atoms with Gasteiger partial charge < -0.3 is 5.32 Å². The maximum Gasteiger partial charge on any atom is 0.0952 e. The largest absolute Gasteiger partial charge is 0.373 e. The van der Waals surface area contributed by atoms with Crippen LogP contribution in [0.1, 0.15) is 17.2 Å². The molecule has 1 unspecified atom stereocenters. The van der Waals surface area contributed by atoms with Crippen LogP contribution in [0.3, 0.4) is 0 Å². The topological polar surface area (TPSA) is 24.4 Å². The lowest BCUT2D eigenvalue weighted by Crippen LogP contribution is -2.17. The second-order valence-corrected chi connectivity index (χ2v) is 9.63. The van der Waals surface area contributed by atoms with Gasteiger partial charge in [0.15, 0.2) is 0 Å². The van der Waals surface area contributed by atoms with Crippen LogP contribution in [0.25, 0.3) is 33.0 Å². The van der Waals surface area contributed by atoms with E-state index in [1.54, 1.807) is 0 Å². The maximum atomic E-state index is 5.58. The van der Waals surface area contributed by atoms with Gasteiger partial charge in [-0.15, -0.1) is 0 Å². The van der Waals surface area contributed by atoms with Crippen LogP contribution in [0.4, 0.5) is 11.4 Å². The van der Waals surface area contributed by atoms with Crippen molar-refractivity contribution < 1.29 is 0 Å². The molecule has 0 radical (unpaired) electrons. The van der Waals surface area contributed by atoms with Crippen LogP contribution in [0.15, 0.2) is 151 Å². The quantitative estimate of drug-likeness (QED) is 0.258. The number of hydrogen-bond donors (Lipinski definition) is 1. The van der Waals surface area contributed by atoms with E-state index >= 15 is 0 Å². The Morgan fingerprint density at radius 3 is 1.63 bits per heavy atom. The first-order valence-corrected chi connectivity index (χ1v) is 13.0. The zero-order valence-corrected chi connectivity index (χ0v) is 20.9. The average Bonchev–Trinajstić information content (AvgIpc) is 3.28. The molecule has 0 aliphatic heterocycles. The monoisotopic (exact) mass is 486 g/mol. The molecule has 7 rings (SSSR count). The Morgan fingerprint density at radius 1 is 0.474 bits per heavy atom. The van der Waals surface area contributed by atoms with Gasteiger partial charge in [-0.3, -0.25) is 0 Å². The first-order chi connectivity index (χ1) is 18.9. The Bertz CT molecular complexity index is 1710. The number of nitrogens with one attached hydrogen (secondary N) is 1. The highest BCUT2D eigenvalue weighted by Gasteiger charge is 2.31. The Balaban J connectivity index is 1.50. The summed E-state index contributed by atoms with van der Waals surface area (Å²) in [6.07, 6.45) is 0. The highest BCUT2D eigenvalue weighted by atomic mass is 15.0. The van der Waals surface area contributed by atoms with Gasteiger partial charge in [0.25, 0.3) is 0 Å². The molecule has 38 heavy (non-hydrogen) atoms. The van der Waals surface area contributed by atoms with Crippen molar-refractivity contribution in [3.05, 3.63) is 157 Å². The molecule has 2 nitrogen and oxygen atoms in total. The minimum absolute atomic E-state index is 0.0639. The molecular weight excluding hydrogens is 460 g/mol. The predicted molar refractivity (Wildman–Crippen MR) is 160 cm³/mol. The summed E-state index contributed by atoms with van der Waals surface area (Å²) in [5, 5.41) is 6.32. The van der Waals surface area contributed by atoms with Gasteiger partial charge in [0.05, 0.1) is 17.4 Å². The molecule has 1 atom stereocenters. The van der Waals surface area contributed by atoms with E-state index < -0.39 is 0 Å². The van der Waals surface area contributed by atoms with Crippen LogP contribution in [0.2, 0.25) is 0 Å². The van der Waals surface area contributed by atoms with Crippen molar-refractivity contribution in [3.63, 3.8) is 0 Å². The molecule has 0 bridgehead atoms. The fourth-order valence-corrected chi connectivity index (χ4v) is 5.58. The zero-order chi connectivity index (χ0) is 25.3. The van der Waals surface area contributed by atoms with E-state index in [0.29, 0.717) is 0 Å². The van der Waals surface area contributed by atoms with Crippen molar-refractivity contribution in [1.82, 2.24) is 0 Å². The number of anilines is 1. The van der Waals surface area contributed by atoms with E-state index in [0.717, 1.165) is 39.3 Å². The highest BCUT2D eigenvalue weighted by Crippen LogP contribution is 2.44. The molecule has 180 valence electrons. The van der Waals surface area contributed by atoms with Crippen molar-refractivity contribution in [2.24, 2.45) is 4.99 Å². The molecule has 0 heterocycles. The number of hydrogen-bond acceptors (Lipinski definition) is 2. The molecule has 0 saturated carbocycles. The van der Waals surface area contributed by atoms with Gasteiger partial charge in [0.2, 0.25) is 0 Å². The van der Waals surface area contributed by atoms with Crippen LogP contribution in [-0.4, -0.2) is 5.71 Å². The lowest BCUT2D eigenvalue weighted by molar-refractivity contribution is 1.07. The fourth-order valence-electron chi connectivity index (χ4n) is 5.58. The SMILES string of the molecule is c1ccc(NC2C(=Nc3c(-c4ccccc4)cccc3-c3ccccc3)c3cccc4cccc2c34)cc1. The van der Waals surface area contributed by atoms with Crippen LogP contribution in [0, 0.1) is 0 Å². The molecule has 1 aliphatic rings.